The highest BCUT2D eigenvalue weighted by atomic mass is 32.2. The molecule has 0 spiro atoms. The molecule has 0 saturated heterocycles. The van der Waals surface area contributed by atoms with Gasteiger partial charge in [-0.2, -0.15) is 0 Å². The van der Waals surface area contributed by atoms with Gasteiger partial charge in [0.15, 0.2) is 9.84 Å². The van der Waals surface area contributed by atoms with Crippen LogP contribution in [-0.4, -0.2) is 25.8 Å². The van der Waals surface area contributed by atoms with Crippen LogP contribution in [0.3, 0.4) is 0 Å². The van der Waals surface area contributed by atoms with Gasteiger partial charge in [-0.05, 0) is 28.9 Å². The highest BCUT2D eigenvalue weighted by Gasteiger charge is 2.20. The summed E-state index contributed by atoms with van der Waals surface area (Å²) in [6.45, 7) is 12.1. The Morgan fingerprint density at radius 3 is 1.92 bits per heavy atom. The maximum atomic E-state index is 12.3. The van der Waals surface area contributed by atoms with Crippen LogP contribution in [0.2, 0.25) is 0 Å². The second-order valence-electron chi connectivity index (χ2n) is 7.87. The molecule has 0 fully saturated rings. The first-order valence-electron chi connectivity index (χ1n) is 9.11. The molecular weight excluding hydrogens is 334 g/mol. The average molecular weight is 368 g/mol. The van der Waals surface area contributed by atoms with E-state index < -0.39 is 9.84 Å². The summed E-state index contributed by atoms with van der Waals surface area (Å²) < 4.78 is 23.9. The summed E-state index contributed by atoms with van der Waals surface area (Å²) in [6.07, 6.45) is 0.0162. The maximum Gasteiger partial charge on any atom is 0.221 e. The minimum atomic E-state index is -3.17. The molecule has 0 radical (unpaired) electrons. The second-order valence-corrected chi connectivity index (χ2v) is 10.1. The van der Waals surface area contributed by atoms with E-state index in [1.165, 1.54) is 5.56 Å². The number of hydrogen-bond acceptors (Lipinski definition) is 3. The molecule has 0 bridgehead atoms. The van der Waals surface area contributed by atoms with E-state index in [1.54, 1.807) is 0 Å². The summed E-state index contributed by atoms with van der Waals surface area (Å²) in [4.78, 5) is 12.3. The van der Waals surface area contributed by atoms with Crippen LogP contribution in [0.4, 0.5) is 0 Å². The van der Waals surface area contributed by atoms with Crippen molar-refractivity contribution in [3.63, 3.8) is 0 Å². The Bertz CT molecular complexity index is 646. The molecule has 0 aliphatic carbocycles. The molecule has 1 aromatic carbocycles. The van der Waals surface area contributed by atoms with Crippen LogP contribution < -0.4 is 5.32 Å². The van der Waals surface area contributed by atoms with E-state index in [4.69, 9.17) is 0 Å². The number of carbonyl (C=O) groups is 1. The molecule has 5 heteroatoms. The number of carbonyl (C=O) groups excluding carboxylic acids is 1. The van der Waals surface area contributed by atoms with Crippen molar-refractivity contribution in [3.8, 4) is 0 Å². The zero-order valence-corrected chi connectivity index (χ0v) is 17.2. The Hall–Kier alpha value is -1.36. The van der Waals surface area contributed by atoms with Crippen molar-refractivity contribution in [1.29, 1.82) is 0 Å². The highest BCUT2D eigenvalue weighted by Crippen LogP contribution is 2.24. The number of amides is 1. The molecule has 0 heterocycles. The van der Waals surface area contributed by atoms with Crippen molar-refractivity contribution < 1.29 is 13.2 Å². The summed E-state index contributed by atoms with van der Waals surface area (Å²) in [7, 11) is -3.17. The van der Waals surface area contributed by atoms with Gasteiger partial charge in [-0.3, -0.25) is 4.79 Å². The lowest BCUT2D eigenvalue weighted by molar-refractivity contribution is -0.121. The van der Waals surface area contributed by atoms with Crippen molar-refractivity contribution in [2.75, 3.05) is 11.5 Å². The van der Waals surface area contributed by atoms with Gasteiger partial charge in [-0.1, -0.05) is 65.8 Å². The fourth-order valence-corrected chi connectivity index (χ4v) is 4.49. The third kappa shape index (κ3) is 7.59. The number of sulfone groups is 1. The van der Waals surface area contributed by atoms with Gasteiger partial charge in [-0.15, -0.1) is 0 Å². The van der Waals surface area contributed by atoms with Crippen molar-refractivity contribution in [1.82, 2.24) is 5.32 Å². The lowest BCUT2D eigenvalue weighted by atomic mass is 9.93. The molecule has 0 saturated carbocycles. The van der Waals surface area contributed by atoms with Crippen LogP contribution in [0.1, 0.15) is 71.0 Å². The van der Waals surface area contributed by atoms with Crippen molar-refractivity contribution >= 4 is 15.7 Å². The zero-order valence-electron chi connectivity index (χ0n) is 16.4. The van der Waals surface area contributed by atoms with E-state index in [9.17, 15) is 13.2 Å². The van der Waals surface area contributed by atoms with Crippen LogP contribution in [-0.2, 0) is 14.6 Å². The van der Waals surface area contributed by atoms with Gasteiger partial charge in [0.25, 0.3) is 0 Å². The summed E-state index contributed by atoms with van der Waals surface area (Å²) in [6, 6.07) is 8.18. The SMILES string of the molecule is CC(C)CS(=O)(=O)CCC(=O)NC(c1ccc(C(C)C)cc1)C(C)C. The van der Waals surface area contributed by atoms with Gasteiger partial charge < -0.3 is 5.32 Å². The van der Waals surface area contributed by atoms with E-state index in [2.05, 4.69) is 57.3 Å². The topological polar surface area (TPSA) is 63.2 Å². The first-order valence-corrected chi connectivity index (χ1v) is 10.9. The van der Waals surface area contributed by atoms with Gasteiger partial charge in [0.2, 0.25) is 5.91 Å². The molecular formula is C20H33NO3S. The van der Waals surface area contributed by atoms with Crippen LogP contribution in [0.15, 0.2) is 24.3 Å². The van der Waals surface area contributed by atoms with E-state index in [0.29, 0.717) is 5.92 Å². The van der Waals surface area contributed by atoms with Gasteiger partial charge in [0.05, 0.1) is 17.5 Å². The van der Waals surface area contributed by atoms with Crippen LogP contribution in [0.25, 0.3) is 0 Å². The number of rotatable bonds is 9. The molecule has 25 heavy (non-hydrogen) atoms. The molecule has 1 N–H and O–H groups in total. The Balaban J connectivity index is 2.73. The predicted molar refractivity (Wildman–Crippen MR) is 104 cm³/mol. The molecule has 142 valence electrons. The van der Waals surface area contributed by atoms with Gasteiger partial charge >= 0.3 is 0 Å². The quantitative estimate of drug-likeness (QED) is 0.715. The standard InChI is InChI=1S/C20H33NO3S/c1-14(2)13-25(23,24)12-11-19(22)21-20(16(5)6)18-9-7-17(8-10-18)15(3)4/h7-10,14-16,20H,11-13H2,1-6H3,(H,21,22). The first kappa shape index (κ1) is 21.7. The molecule has 1 aromatic rings. The number of benzene rings is 1. The summed E-state index contributed by atoms with van der Waals surface area (Å²) in [5.41, 5.74) is 2.31. The Morgan fingerprint density at radius 2 is 1.48 bits per heavy atom. The van der Waals surface area contributed by atoms with Crippen molar-refractivity contribution in [2.24, 2.45) is 11.8 Å². The molecule has 1 unspecified atom stereocenters. The van der Waals surface area contributed by atoms with Gasteiger partial charge in [0, 0.05) is 6.42 Å². The molecule has 0 aliphatic rings. The third-order valence-corrected chi connectivity index (χ3v) is 6.17. The largest absolute Gasteiger partial charge is 0.349 e. The number of hydrogen-bond donors (Lipinski definition) is 1. The fourth-order valence-electron chi connectivity index (χ4n) is 2.81. The van der Waals surface area contributed by atoms with Crippen molar-refractivity contribution in [2.45, 2.75) is 59.9 Å². The maximum absolute atomic E-state index is 12.3. The van der Waals surface area contributed by atoms with E-state index in [-0.39, 0.29) is 41.7 Å². The average Bonchev–Trinajstić information content (AvgIpc) is 2.49. The molecule has 0 aliphatic heterocycles. The Labute approximate surface area is 153 Å². The summed E-state index contributed by atoms with van der Waals surface area (Å²) in [5.74, 6) is 0.599. The zero-order chi connectivity index (χ0) is 19.2. The first-order chi connectivity index (χ1) is 11.5. The number of nitrogens with one attached hydrogen (secondary N) is 1. The fraction of sp³-hybridized carbons (Fsp3) is 0.650. The molecule has 1 amide bonds. The molecule has 1 rings (SSSR count). The van der Waals surface area contributed by atoms with E-state index in [0.717, 1.165) is 5.56 Å². The van der Waals surface area contributed by atoms with Gasteiger partial charge in [-0.25, -0.2) is 8.42 Å². The van der Waals surface area contributed by atoms with Crippen LogP contribution in [0.5, 0.6) is 0 Å². The molecule has 1 atom stereocenters. The van der Waals surface area contributed by atoms with E-state index in [1.807, 2.05) is 13.8 Å². The predicted octanol–water partition coefficient (Wildman–Crippen LogP) is 4.08. The lowest BCUT2D eigenvalue weighted by Crippen LogP contribution is -2.33. The highest BCUT2D eigenvalue weighted by molar-refractivity contribution is 7.91. The Kier molecular flexibility index (Phi) is 8.13. The smallest absolute Gasteiger partial charge is 0.221 e. The molecule has 4 nitrogen and oxygen atoms in total. The monoisotopic (exact) mass is 367 g/mol. The molecule has 0 aromatic heterocycles. The third-order valence-electron chi connectivity index (χ3n) is 4.17. The normalized spacial score (nSPS) is 13.5. The summed E-state index contributed by atoms with van der Waals surface area (Å²) >= 11 is 0. The Morgan fingerprint density at radius 1 is 0.960 bits per heavy atom. The lowest BCUT2D eigenvalue weighted by Gasteiger charge is -2.23. The van der Waals surface area contributed by atoms with Crippen LogP contribution >= 0.6 is 0 Å². The van der Waals surface area contributed by atoms with Crippen molar-refractivity contribution in [3.05, 3.63) is 35.4 Å². The summed E-state index contributed by atoms with van der Waals surface area (Å²) in [5, 5.41) is 3.00. The minimum absolute atomic E-state index is 0.0162. The van der Waals surface area contributed by atoms with Crippen LogP contribution in [0, 0.1) is 11.8 Å². The second kappa shape index (κ2) is 9.37. The van der Waals surface area contributed by atoms with E-state index >= 15 is 0 Å². The minimum Gasteiger partial charge on any atom is -0.349 e. The van der Waals surface area contributed by atoms with Gasteiger partial charge in [0.1, 0.15) is 0 Å².